The lowest BCUT2D eigenvalue weighted by molar-refractivity contribution is 0.0252. The van der Waals surface area contributed by atoms with Gasteiger partial charge in [0.1, 0.15) is 11.9 Å². The third-order valence-corrected chi connectivity index (χ3v) is 3.79. The Hall–Kier alpha value is -0.710. The lowest BCUT2D eigenvalue weighted by Crippen LogP contribution is -2.19. The highest BCUT2D eigenvalue weighted by atomic mass is 127. The van der Waals surface area contributed by atoms with E-state index in [-0.39, 0.29) is 12.4 Å². The molecule has 5 nitrogen and oxygen atoms in total. The van der Waals surface area contributed by atoms with Crippen LogP contribution in [0.5, 0.6) is 0 Å². The van der Waals surface area contributed by atoms with Crippen LogP contribution in [0.3, 0.4) is 0 Å². The molecule has 0 aliphatic carbocycles. The first kappa shape index (κ1) is 14.7. The molecule has 0 aromatic heterocycles. The van der Waals surface area contributed by atoms with Gasteiger partial charge in [-0.3, -0.25) is 14.5 Å². The maximum Gasteiger partial charge on any atom is 0.264 e. The predicted octanol–water partition coefficient (Wildman–Crippen LogP) is 1.65. The van der Waals surface area contributed by atoms with E-state index in [1.165, 1.54) is 6.07 Å². The Kier molecular flexibility index (Phi) is 4.43. The van der Waals surface area contributed by atoms with Crippen LogP contribution in [0.2, 0.25) is 0 Å². The molecule has 0 spiro atoms. The molecule has 1 atom stereocenters. The van der Waals surface area contributed by atoms with Crippen molar-refractivity contribution >= 4 is 38.4 Å². The Morgan fingerprint density at radius 3 is 2.89 bits per heavy atom. The zero-order chi connectivity index (χ0) is 14.0. The minimum atomic E-state index is -3.50. The summed E-state index contributed by atoms with van der Waals surface area (Å²) in [7, 11) is -3.50. The van der Waals surface area contributed by atoms with Gasteiger partial charge in [-0.2, -0.15) is 8.42 Å². The first-order valence-corrected chi connectivity index (χ1v) is 8.18. The Bertz CT molecular complexity index is 617. The fraction of sp³-hybridized carbons (Fsp3) is 0.273. The van der Waals surface area contributed by atoms with Crippen molar-refractivity contribution in [3.63, 3.8) is 0 Å². The van der Waals surface area contributed by atoms with Crippen molar-refractivity contribution in [1.82, 2.24) is 5.48 Å². The minimum absolute atomic E-state index is 0.123. The molecule has 19 heavy (non-hydrogen) atoms. The molecule has 1 aliphatic rings. The van der Waals surface area contributed by atoms with Gasteiger partial charge in [-0.1, -0.05) is 6.07 Å². The number of nitrogens with one attached hydrogen (secondary N) is 1. The number of hydroxylamine groups is 1. The summed E-state index contributed by atoms with van der Waals surface area (Å²) in [6, 6.07) is 4.77. The van der Waals surface area contributed by atoms with E-state index in [1.54, 1.807) is 18.2 Å². The summed E-state index contributed by atoms with van der Waals surface area (Å²) >= 11 is 1.90. The second-order valence-corrected chi connectivity index (χ2v) is 6.76. The molecule has 0 amide bonds. The summed E-state index contributed by atoms with van der Waals surface area (Å²) in [5.74, 6) is -0.323. The molecule has 0 radical (unpaired) electrons. The number of rotatable bonds is 4. The first-order valence-electron chi connectivity index (χ1n) is 5.28. The summed E-state index contributed by atoms with van der Waals surface area (Å²) in [4.78, 5) is 5.13. The van der Waals surface area contributed by atoms with Crippen molar-refractivity contribution in [2.75, 3.05) is 12.9 Å². The average molecular weight is 399 g/mol. The van der Waals surface area contributed by atoms with E-state index in [4.69, 9.17) is 4.84 Å². The van der Waals surface area contributed by atoms with Crippen molar-refractivity contribution in [2.45, 2.75) is 6.10 Å². The molecule has 1 unspecified atom stereocenters. The van der Waals surface area contributed by atoms with Crippen LogP contribution in [0.4, 0.5) is 4.39 Å². The molecule has 2 rings (SSSR count). The number of benzene rings is 1. The Morgan fingerprint density at radius 2 is 2.26 bits per heavy atom. The highest BCUT2D eigenvalue weighted by molar-refractivity contribution is 14.1. The topological polar surface area (TPSA) is 64.6 Å². The highest BCUT2D eigenvalue weighted by Gasteiger charge is 2.20. The van der Waals surface area contributed by atoms with Gasteiger partial charge in [0, 0.05) is 9.13 Å². The van der Waals surface area contributed by atoms with Gasteiger partial charge < -0.3 is 0 Å². The first-order chi connectivity index (χ1) is 8.85. The second kappa shape index (κ2) is 5.73. The number of hydrogen-bond donors (Lipinski definition) is 1. The van der Waals surface area contributed by atoms with Gasteiger partial charge in [0.05, 0.1) is 18.6 Å². The van der Waals surface area contributed by atoms with E-state index in [1.807, 2.05) is 22.6 Å². The molecule has 1 heterocycles. The highest BCUT2D eigenvalue weighted by Crippen LogP contribution is 2.21. The SMILES string of the molecule is CS(=O)(=O)OCC1C=C(c2ccc(I)c(F)c2)NO1. The van der Waals surface area contributed by atoms with Gasteiger partial charge in [-0.15, -0.1) is 0 Å². The van der Waals surface area contributed by atoms with E-state index >= 15 is 0 Å². The summed E-state index contributed by atoms with van der Waals surface area (Å²) in [6.45, 7) is -0.123. The van der Waals surface area contributed by atoms with Crippen LogP contribution >= 0.6 is 22.6 Å². The largest absolute Gasteiger partial charge is 0.267 e. The van der Waals surface area contributed by atoms with Crippen molar-refractivity contribution in [3.05, 3.63) is 39.2 Å². The number of halogens is 2. The zero-order valence-electron chi connectivity index (χ0n) is 9.89. The number of hydrogen-bond acceptors (Lipinski definition) is 5. The van der Waals surface area contributed by atoms with Gasteiger partial charge in [0.25, 0.3) is 10.1 Å². The van der Waals surface area contributed by atoms with Crippen LogP contribution in [0, 0.1) is 9.39 Å². The van der Waals surface area contributed by atoms with Gasteiger partial charge in [-0.25, -0.2) is 4.39 Å². The Balaban J connectivity index is 2.08. The van der Waals surface area contributed by atoms with E-state index < -0.39 is 16.2 Å². The van der Waals surface area contributed by atoms with Gasteiger partial charge in [0.2, 0.25) is 0 Å². The average Bonchev–Trinajstić information content (AvgIpc) is 2.78. The third-order valence-electron chi connectivity index (χ3n) is 2.35. The van der Waals surface area contributed by atoms with Gasteiger partial charge in [-0.05, 0) is 40.8 Å². The van der Waals surface area contributed by atoms with E-state index in [2.05, 4.69) is 9.66 Å². The molecule has 1 N–H and O–H groups in total. The van der Waals surface area contributed by atoms with Crippen LogP contribution in [0.15, 0.2) is 24.3 Å². The van der Waals surface area contributed by atoms with E-state index in [0.29, 0.717) is 14.8 Å². The van der Waals surface area contributed by atoms with Crippen LogP contribution in [0.25, 0.3) is 5.70 Å². The molecule has 1 aliphatic heterocycles. The van der Waals surface area contributed by atoms with Crippen molar-refractivity contribution in [2.24, 2.45) is 0 Å². The summed E-state index contributed by atoms with van der Waals surface area (Å²) in [5.41, 5.74) is 3.83. The van der Waals surface area contributed by atoms with Gasteiger partial charge >= 0.3 is 0 Å². The summed E-state index contributed by atoms with van der Waals surface area (Å²) in [5, 5.41) is 0. The smallest absolute Gasteiger partial charge is 0.264 e. The van der Waals surface area contributed by atoms with Gasteiger partial charge in [0.15, 0.2) is 0 Å². The Morgan fingerprint density at radius 1 is 1.53 bits per heavy atom. The molecule has 0 bridgehead atoms. The molecule has 8 heteroatoms. The summed E-state index contributed by atoms with van der Waals surface area (Å²) in [6.07, 6.45) is 2.08. The van der Waals surface area contributed by atoms with Crippen LogP contribution < -0.4 is 5.48 Å². The minimum Gasteiger partial charge on any atom is -0.267 e. The van der Waals surface area contributed by atoms with Crippen LogP contribution in [0.1, 0.15) is 5.56 Å². The Labute approximate surface area is 124 Å². The fourth-order valence-electron chi connectivity index (χ4n) is 1.48. The third kappa shape index (κ3) is 4.13. The summed E-state index contributed by atoms with van der Waals surface area (Å²) < 4.78 is 40.3. The van der Waals surface area contributed by atoms with E-state index in [9.17, 15) is 12.8 Å². The quantitative estimate of drug-likeness (QED) is 0.617. The predicted molar refractivity (Wildman–Crippen MR) is 75.9 cm³/mol. The molecule has 0 fully saturated rings. The fourth-order valence-corrected chi connectivity index (χ4v) is 2.20. The maximum absolute atomic E-state index is 13.4. The van der Waals surface area contributed by atoms with Crippen molar-refractivity contribution < 1.29 is 21.8 Å². The molecule has 1 aromatic rings. The van der Waals surface area contributed by atoms with Crippen LogP contribution in [-0.2, 0) is 19.1 Å². The zero-order valence-corrected chi connectivity index (χ0v) is 12.9. The maximum atomic E-state index is 13.4. The molecular formula is C11H11FINO4S. The monoisotopic (exact) mass is 399 g/mol. The van der Waals surface area contributed by atoms with Crippen molar-refractivity contribution in [3.8, 4) is 0 Å². The standard InChI is InChI=1S/C11H11FINO4S/c1-19(15,16)17-6-8-5-11(14-18-8)7-2-3-10(13)9(12)4-7/h2-5,8,14H,6H2,1H3. The normalized spacial score (nSPS) is 19.1. The molecule has 0 saturated heterocycles. The molecule has 104 valence electrons. The molecule has 0 saturated carbocycles. The second-order valence-electron chi connectivity index (χ2n) is 3.96. The molecule has 1 aromatic carbocycles. The van der Waals surface area contributed by atoms with Crippen molar-refractivity contribution in [1.29, 1.82) is 0 Å². The lowest BCUT2D eigenvalue weighted by Gasteiger charge is -2.06. The van der Waals surface area contributed by atoms with E-state index in [0.717, 1.165) is 6.26 Å². The lowest BCUT2D eigenvalue weighted by atomic mass is 10.1. The molecular weight excluding hydrogens is 388 g/mol. The van der Waals surface area contributed by atoms with Crippen LogP contribution in [-0.4, -0.2) is 27.4 Å².